The molecule has 3 aromatic carbocycles. The summed E-state index contributed by atoms with van der Waals surface area (Å²) in [5.74, 6) is -0.414. The third-order valence-corrected chi connectivity index (χ3v) is 8.05. The molecule has 0 aliphatic carbocycles. The zero-order valence-corrected chi connectivity index (χ0v) is 23.6. The highest BCUT2D eigenvalue weighted by Crippen LogP contribution is 2.27. The lowest BCUT2D eigenvalue weighted by atomic mass is 10.1. The number of nitrogens with one attached hydrogen (secondary N) is 1. The van der Waals surface area contributed by atoms with Gasteiger partial charge in [0, 0.05) is 23.6 Å². The minimum atomic E-state index is -4.19. The molecule has 0 aliphatic heterocycles. The highest BCUT2D eigenvalue weighted by Gasteiger charge is 2.32. The van der Waals surface area contributed by atoms with Gasteiger partial charge in [-0.1, -0.05) is 35.3 Å². The zero-order valence-electron chi connectivity index (χ0n) is 21.2. The van der Waals surface area contributed by atoms with Crippen LogP contribution in [0.15, 0.2) is 77.7 Å². The van der Waals surface area contributed by atoms with Gasteiger partial charge in [-0.15, -0.1) is 0 Å². The summed E-state index contributed by atoms with van der Waals surface area (Å²) in [6.07, 6.45) is 0. The summed E-state index contributed by atoms with van der Waals surface area (Å²) in [6.45, 7) is 3.36. The van der Waals surface area contributed by atoms with Crippen LogP contribution in [0.1, 0.15) is 19.4 Å². The first-order valence-corrected chi connectivity index (χ1v) is 14.0. The van der Waals surface area contributed by atoms with Crippen molar-refractivity contribution in [3.63, 3.8) is 0 Å². The average Bonchev–Trinajstić information content (AvgIpc) is 2.90. The van der Waals surface area contributed by atoms with Gasteiger partial charge in [0.25, 0.3) is 10.0 Å². The van der Waals surface area contributed by atoms with Gasteiger partial charge < -0.3 is 15.0 Å². The highest BCUT2D eigenvalue weighted by atomic mass is 35.5. The number of rotatable bonds is 11. The predicted octanol–water partition coefficient (Wildman–Crippen LogP) is 4.75. The summed E-state index contributed by atoms with van der Waals surface area (Å²) in [6, 6.07) is 18.1. The smallest absolute Gasteiger partial charge is 0.264 e. The number of hydrogen-bond donors (Lipinski definition) is 1. The predicted molar refractivity (Wildman–Crippen MR) is 149 cm³/mol. The lowest BCUT2D eigenvalue weighted by Gasteiger charge is -2.31. The maximum Gasteiger partial charge on any atom is 0.264 e. The number of sulfonamides is 1. The Morgan fingerprint density at radius 1 is 0.974 bits per heavy atom. The van der Waals surface area contributed by atoms with Crippen molar-refractivity contribution in [3.8, 4) is 5.75 Å². The largest absolute Gasteiger partial charge is 0.494 e. The summed E-state index contributed by atoms with van der Waals surface area (Å²) in [7, 11) is -2.72. The van der Waals surface area contributed by atoms with Gasteiger partial charge in [0.15, 0.2) is 0 Å². The van der Waals surface area contributed by atoms with Crippen LogP contribution in [0.5, 0.6) is 5.75 Å². The van der Waals surface area contributed by atoms with Gasteiger partial charge in [0.05, 0.1) is 17.2 Å². The number of nitrogens with zero attached hydrogens (tertiary/aromatic N) is 2. The molecule has 0 saturated heterocycles. The molecule has 0 unspecified atom stereocenters. The standard InChI is InChI=1S/C27H29Cl2N3O5S/c1-4-37-24-12-10-23(11-13-24)32(38(35,36)25-14-8-21(28)9-15-25)18-26(33)31(19(2)27(34)30-3)17-20-6-5-7-22(29)16-20/h5-16,19H,4,17-18H2,1-3H3,(H,30,34)/t19-/m1/s1. The fraction of sp³-hybridized carbons (Fsp3) is 0.259. The Kier molecular flexibility index (Phi) is 10.0. The fourth-order valence-electron chi connectivity index (χ4n) is 3.76. The number of amides is 2. The average molecular weight is 579 g/mol. The number of hydrogen-bond acceptors (Lipinski definition) is 5. The van der Waals surface area contributed by atoms with E-state index in [9.17, 15) is 18.0 Å². The third kappa shape index (κ3) is 7.18. The van der Waals surface area contributed by atoms with E-state index in [4.69, 9.17) is 27.9 Å². The van der Waals surface area contributed by atoms with Crippen molar-refractivity contribution < 1.29 is 22.7 Å². The molecule has 0 aromatic heterocycles. The van der Waals surface area contributed by atoms with Gasteiger partial charge in [-0.2, -0.15) is 0 Å². The first-order chi connectivity index (χ1) is 18.1. The van der Waals surface area contributed by atoms with Crippen LogP contribution in [0.4, 0.5) is 5.69 Å². The maximum atomic E-state index is 13.8. The van der Waals surface area contributed by atoms with E-state index in [-0.39, 0.29) is 17.1 Å². The van der Waals surface area contributed by atoms with Crippen LogP contribution in [-0.4, -0.2) is 51.4 Å². The van der Waals surface area contributed by atoms with E-state index in [1.54, 1.807) is 55.5 Å². The molecular formula is C27H29Cl2N3O5S. The number of carbonyl (C=O) groups is 2. The van der Waals surface area contributed by atoms with Gasteiger partial charge in [-0.05, 0) is 80.1 Å². The van der Waals surface area contributed by atoms with Crippen molar-refractivity contribution in [2.45, 2.75) is 31.3 Å². The lowest BCUT2D eigenvalue weighted by molar-refractivity contribution is -0.139. The van der Waals surface area contributed by atoms with E-state index in [2.05, 4.69) is 5.32 Å². The first kappa shape index (κ1) is 29.3. The summed E-state index contributed by atoms with van der Waals surface area (Å²) in [5, 5.41) is 3.40. The van der Waals surface area contributed by atoms with Crippen molar-refractivity contribution in [3.05, 3.63) is 88.4 Å². The topological polar surface area (TPSA) is 96.0 Å². The molecule has 0 spiro atoms. The lowest BCUT2D eigenvalue weighted by Crippen LogP contribution is -2.50. The van der Waals surface area contributed by atoms with Crippen LogP contribution in [0.25, 0.3) is 0 Å². The Hall–Kier alpha value is -3.27. The number of carbonyl (C=O) groups excluding carboxylic acids is 2. The molecule has 0 saturated carbocycles. The second kappa shape index (κ2) is 13.0. The van der Waals surface area contributed by atoms with Crippen molar-refractivity contribution >= 4 is 50.7 Å². The minimum absolute atomic E-state index is 0.0377. The third-order valence-electron chi connectivity index (χ3n) is 5.77. The highest BCUT2D eigenvalue weighted by molar-refractivity contribution is 7.92. The molecule has 0 aliphatic rings. The Morgan fingerprint density at radius 3 is 2.21 bits per heavy atom. The van der Waals surface area contributed by atoms with E-state index in [1.165, 1.54) is 36.2 Å². The SMILES string of the molecule is CCOc1ccc(N(CC(=O)N(Cc2cccc(Cl)c2)[C@H](C)C(=O)NC)S(=O)(=O)c2ccc(Cl)cc2)cc1. The molecule has 2 amide bonds. The molecule has 1 N–H and O–H groups in total. The molecule has 8 nitrogen and oxygen atoms in total. The maximum absolute atomic E-state index is 13.8. The number of likely N-dealkylation sites (N-methyl/N-ethyl adjacent to an activating group) is 1. The van der Waals surface area contributed by atoms with Crippen molar-refractivity contribution in [1.82, 2.24) is 10.2 Å². The van der Waals surface area contributed by atoms with E-state index in [0.29, 0.717) is 28.0 Å². The van der Waals surface area contributed by atoms with E-state index in [0.717, 1.165) is 4.31 Å². The Balaban J connectivity index is 2.03. The van der Waals surface area contributed by atoms with Crippen LogP contribution in [0.3, 0.4) is 0 Å². The molecule has 11 heteroatoms. The van der Waals surface area contributed by atoms with Gasteiger partial charge >= 0.3 is 0 Å². The van der Waals surface area contributed by atoms with Crippen molar-refractivity contribution in [1.29, 1.82) is 0 Å². The minimum Gasteiger partial charge on any atom is -0.494 e. The molecule has 38 heavy (non-hydrogen) atoms. The van der Waals surface area contributed by atoms with Crippen LogP contribution in [-0.2, 0) is 26.2 Å². The molecule has 202 valence electrons. The summed E-state index contributed by atoms with van der Waals surface area (Å²) < 4.78 is 34.0. The fourth-order valence-corrected chi connectivity index (χ4v) is 5.51. The van der Waals surface area contributed by atoms with Crippen LogP contribution in [0.2, 0.25) is 10.0 Å². The molecule has 0 fully saturated rings. The van der Waals surface area contributed by atoms with Crippen LogP contribution in [0, 0.1) is 0 Å². The molecule has 0 heterocycles. The van der Waals surface area contributed by atoms with Crippen LogP contribution >= 0.6 is 23.2 Å². The number of benzene rings is 3. The monoisotopic (exact) mass is 577 g/mol. The molecule has 0 radical (unpaired) electrons. The summed E-state index contributed by atoms with van der Waals surface area (Å²) in [5.41, 5.74) is 0.946. The molecule has 3 aromatic rings. The Morgan fingerprint density at radius 2 is 1.63 bits per heavy atom. The Bertz CT molecular complexity index is 1370. The molecule has 1 atom stereocenters. The van der Waals surface area contributed by atoms with E-state index in [1.807, 2.05) is 6.92 Å². The molecule has 3 rings (SSSR count). The molecular weight excluding hydrogens is 549 g/mol. The van der Waals surface area contributed by atoms with Crippen LogP contribution < -0.4 is 14.4 Å². The van der Waals surface area contributed by atoms with Gasteiger partial charge in [-0.25, -0.2) is 8.42 Å². The number of anilines is 1. The summed E-state index contributed by atoms with van der Waals surface area (Å²) in [4.78, 5) is 27.6. The van der Waals surface area contributed by atoms with Crippen molar-refractivity contribution in [2.75, 3.05) is 24.5 Å². The quantitative estimate of drug-likeness (QED) is 0.354. The zero-order chi connectivity index (χ0) is 27.9. The second-order valence-electron chi connectivity index (χ2n) is 8.33. The normalized spacial score (nSPS) is 11.9. The van der Waals surface area contributed by atoms with Crippen molar-refractivity contribution in [2.24, 2.45) is 0 Å². The first-order valence-electron chi connectivity index (χ1n) is 11.8. The van der Waals surface area contributed by atoms with E-state index >= 15 is 0 Å². The van der Waals surface area contributed by atoms with Gasteiger partial charge in [0.2, 0.25) is 11.8 Å². The van der Waals surface area contributed by atoms with Gasteiger partial charge in [-0.3, -0.25) is 13.9 Å². The van der Waals surface area contributed by atoms with E-state index < -0.39 is 34.4 Å². The Labute approximate surface area is 233 Å². The van der Waals surface area contributed by atoms with Gasteiger partial charge in [0.1, 0.15) is 18.3 Å². The number of halogens is 2. The number of ether oxygens (including phenoxy) is 1. The second-order valence-corrected chi connectivity index (χ2v) is 11.1. The summed E-state index contributed by atoms with van der Waals surface area (Å²) >= 11 is 12.1. The molecule has 0 bridgehead atoms.